The molecule has 3 fully saturated rings. The highest BCUT2D eigenvalue weighted by atomic mass is 16.6. The summed E-state index contributed by atoms with van der Waals surface area (Å²) in [6, 6.07) is 23.7. The van der Waals surface area contributed by atoms with Gasteiger partial charge in [-0.1, -0.05) is 36.4 Å². The molecule has 0 aliphatic carbocycles. The smallest absolute Gasteiger partial charge is 0.414 e. The van der Waals surface area contributed by atoms with E-state index < -0.39 is 6.10 Å². The number of carbonyl (C=O) groups is 1. The number of aromatic nitrogens is 1. The van der Waals surface area contributed by atoms with E-state index in [4.69, 9.17) is 9.47 Å². The van der Waals surface area contributed by atoms with E-state index in [0.717, 1.165) is 75.3 Å². The Labute approximate surface area is 274 Å². The van der Waals surface area contributed by atoms with Crippen molar-refractivity contribution in [3.05, 3.63) is 100 Å². The molecule has 3 aliphatic heterocycles. The third-order valence-corrected chi connectivity index (χ3v) is 9.25. The van der Waals surface area contributed by atoms with Crippen molar-refractivity contribution in [2.75, 3.05) is 44.2 Å². The van der Waals surface area contributed by atoms with Gasteiger partial charge in [-0.3, -0.25) is 14.6 Å². The van der Waals surface area contributed by atoms with E-state index in [1.54, 1.807) is 17.0 Å². The molecule has 3 aliphatic rings. The van der Waals surface area contributed by atoms with Crippen molar-refractivity contribution < 1.29 is 24.5 Å². The first-order valence-electron chi connectivity index (χ1n) is 16.7. The van der Waals surface area contributed by atoms with Crippen LogP contribution in [0.2, 0.25) is 0 Å². The Morgan fingerprint density at radius 1 is 1.00 bits per heavy atom. The Kier molecular flexibility index (Phi) is 10.7. The number of aromatic amines is 1. The molecular weight excluding hydrogens is 596 g/mol. The fourth-order valence-corrected chi connectivity index (χ4v) is 6.64. The van der Waals surface area contributed by atoms with Gasteiger partial charge in [0.25, 0.3) is 0 Å². The van der Waals surface area contributed by atoms with Crippen LogP contribution in [0.5, 0.6) is 11.5 Å². The monoisotopic (exact) mass is 640 g/mol. The van der Waals surface area contributed by atoms with Gasteiger partial charge in [-0.15, -0.1) is 0 Å². The zero-order chi connectivity index (χ0) is 32.6. The number of aliphatic hydroxyl groups is 1. The molecule has 0 unspecified atom stereocenters. The molecule has 2 atom stereocenters. The van der Waals surface area contributed by atoms with Gasteiger partial charge in [-0.05, 0) is 105 Å². The van der Waals surface area contributed by atoms with Crippen LogP contribution in [-0.2, 0) is 11.3 Å². The van der Waals surface area contributed by atoms with Crippen LogP contribution in [0.25, 0.3) is 10.9 Å². The van der Waals surface area contributed by atoms with Gasteiger partial charge >= 0.3 is 6.09 Å². The van der Waals surface area contributed by atoms with Gasteiger partial charge < -0.3 is 30.0 Å². The van der Waals surface area contributed by atoms with E-state index in [-0.39, 0.29) is 23.5 Å². The summed E-state index contributed by atoms with van der Waals surface area (Å²) < 4.78 is 12.2. The molecule has 0 radical (unpaired) electrons. The van der Waals surface area contributed by atoms with Crippen LogP contribution in [0.3, 0.4) is 0 Å². The highest BCUT2D eigenvalue weighted by Gasteiger charge is 2.37. The number of ether oxygens (including phenoxy) is 2. The minimum atomic E-state index is -0.778. The summed E-state index contributed by atoms with van der Waals surface area (Å²) in [5.74, 6) is 1.19. The van der Waals surface area contributed by atoms with Crippen molar-refractivity contribution in [3.8, 4) is 11.5 Å². The lowest BCUT2D eigenvalue weighted by atomic mass is 9.86. The number of hydrogen-bond acceptors (Lipinski definition) is 8. The number of benzene rings is 3. The van der Waals surface area contributed by atoms with Crippen molar-refractivity contribution in [2.45, 2.75) is 50.9 Å². The van der Waals surface area contributed by atoms with E-state index in [2.05, 4.69) is 15.2 Å². The van der Waals surface area contributed by atoms with Crippen LogP contribution in [-0.4, -0.2) is 71.6 Å². The third kappa shape index (κ3) is 8.32. The van der Waals surface area contributed by atoms with Gasteiger partial charge in [0.2, 0.25) is 5.56 Å². The second-order valence-corrected chi connectivity index (χ2v) is 12.5. The van der Waals surface area contributed by atoms with Crippen molar-refractivity contribution in [2.24, 2.45) is 5.92 Å². The third-order valence-electron chi connectivity index (χ3n) is 9.25. The van der Waals surface area contributed by atoms with Gasteiger partial charge in [0.1, 0.15) is 17.6 Å². The summed E-state index contributed by atoms with van der Waals surface area (Å²) in [4.78, 5) is 31.9. The number of anilines is 1. The first-order chi connectivity index (χ1) is 22.9. The Bertz CT molecular complexity index is 1690. The Morgan fingerprint density at radius 2 is 1.83 bits per heavy atom. The molecule has 10 nitrogen and oxygen atoms in total. The van der Waals surface area contributed by atoms with E-state index in [0.29, 0.717) is 42.1 Å². The van der Waals surface area contributed by atoms with Crippen LogP contribution < -0.4 is 20.5 Å². The number of para-hydroxylation sites is 1. The van der Waals surface area contributed by atoms with E-state index in [1.165, 1.54) is 12.1 Å². The number of amides is 1. The number of pyridine rings is 1. The maximum atomic E-state index is 13.5. The number of aliphatic hydroxyl groups excluding tert-OH is 1. The lowest BCUT2D eigenvalue weighted by Gasteiger charge is -2.44. The van der Waals surface area contributed by atoms with E-state index in [1.807, 2.05) is 54.6 Å². The summed E-state index contributed by atoms with van der Waals surface area (Å²) in [7, 11) is 0. The molecule has 0 saturated carbocycles. The fraction of sp³-hybridized carbons (Fsp3) is 0.405. The highest BCUT2D eigenvalue weighted by molar-refractivity contribution is 5.88. The average Bonchev–Trinajstić information content (AvgIpc) is 3.09. The predicted molar refractivity (Wildman–Crippen MR) is 182 cm³/mol. The molecule has 47 heavy (non-hydrogen) atoms. The number of H-pyrrole nitrogens is 1. The highest BCUT2D eigenvalue weighted by Crippen LogP contribution is 2.31. The largest absolute Gasteiger partial charge is 0.506 e. The SMILES string of the molecule is O=C(O[C@H]1CN2CCC1CC2)N(Cc1cccc(OCCCCCNC[C@H](O)c2ccc(O)c3[nH]c(=O)ccc23)c1)c1ccccc1. The molecule has 3 aromatic carbocycles. The number of phenolic OH excluding ortho intramolecular Hbond substituents is 1. The maximum Gasteiger partial charge on any atom is 0.414 e. The molecule has 2 bridgehead atoms. The zero-order valence-electron chi connectivity index (χ0n) is 26.6. The fourth-order valence-electron chi connectivity index (χ4n) is 6.64. The van der Waals surface area contributed by atoms with Gasteiger partial charge in [0.15, 0.2) is 0 Å². The van der Waals surface area contributed by atoms with E-state index in [9.17, 15) is 19.8 Å². The topological polar surface area (TPSA) is 127 Å². The van der Waals surface area contributed by atoms with Gasteiger partial charge in [-0.25, -0.2) is 4.79 Å². The Morgan fingerprint density at radius 3 is 2.62 bits per heavy atom. The lowest BCUT2D eigenvalue weighted by Crippen LogP contribution is -2.53. The number of phenols is 1. The molecule has 4 N–H and O–H groups in total. The lowest BCUT2D eigenvalue weighted by molar-refractivity contribution is -0.0311. The second kappa shape index (κ2) is 15.5. The summed E-state index contributed by atoms with van der Waals surface area (Å²) in [6.07, 6.45) is 3.80. The van der Waals surface area contributed by atoms with Crippen molar-refractivity contribution in [3.63, 3.8) is 0 Å². The molecular formula is C37H44N4O6. The number of hydrogen-bond donors (Lipinski definition) is 4. The van der Waals surface area contributed by atoms with Gasteiger partial charge in [-0.2, -0.15) is 0 Å². The summed E-state index contributed by atoms with van der Waals surface area (Å²) in [6.45, 7) is 5.08. The number of fused-ring (bicyclic) bond motifs is 4. The quantitative estimate of drug-likeness (QED) is 0.136. The number of aromatic hydroxyl groups is 1. The summed E-state index contributed by atoms with van der Waals surface area (Å²) in [5.41, 5.74) is 2.44. The van der Waals surface area contributed by atoms with Crippen LogP contribution >= 0.6 is 0 Å². The van der Waals surface area contributed by atoms with Crippen LogP contribution in [0.1, 0.15) is 49.3 Å². The maximum absolute atomic E-state index is 13.5. The summed E-state index contributed by atoms with van der Waals surface area (Å²) in [5, 5.41) is 24.7. The molecule has 10 heteroatoms. The molecule has 3 saturated heterocycles. The number of unbranched alkanes of at least 4 members (excludes halogenated alkanes) is 2. The average molecular weight is 641 g/mol. The number of nitrogens with zero attached hydrogens (tertiary/aromatic N) is 2. The molecule has 0 spiro atoms. The number of carbonyl (C=O) groups excluding carboxylic acids is 1. The van der Waals surface area contributed by atoms with Crippen LogP contribution in [0.4, 0.5) is 10.5 Å². The molecule has 4 heterocycles. The van der Waals surface area contributed by atoms with E-state index >= 15 is 0 Å². The second-order valence-electron chi connectivity index (χ2n) is 12.5. The van der Waals surface area contributed by atoms with Crippen LogP contribution in [0, 0.1) is 5.92 Å². The standard InChI is InChI=1S/C37H44N4O6/c42-32-14-12-30(31-13-15-35(44)39-36(31)32)33(43)23-38-18-5-2-6-21-46-29-11-7-8-26(22-29)24-41(28-9-3-1-4-10-28)37(45)47-34-25-40-19-16-27(34)17-20-40/h1,3-4,7-15,22,27,33-34,38,42-43H,2,5-6,16-21,23-25H2,(H,39,44)/t33-,34-/m0/s1. The van der Waals surface area contributed by atoms with Crippen molar-refractivity contribution >= 4 is 22.7 Å². The predicted octanol–water partition coefficient (Wildman–Crippen LogP) is 5.34. The first kappa shape index (κ1) is 32.6. The number of rotatable bonds is 14. The van der Waals surface area contributed by atoms with Crippen molar-refractivity contribution in [1.29, 1.82) is 0 Å². The molecule has 1 aromatic heterocycles. The normalized spacial score (nSPS) is 19.4. The number of nitrogens with one attached hydrogen (secondary N) is 2. The van der Waals surface area contributed by atoms with Gasteiger partial charge in [0, 0.05) is 30.2 Å². The zero-order valence-corrected chi connectivity index (χ0v) is 26.6. The molecule has 7 rings (SSSR count). The number of piperidine rings is 3. The minimum absolute atomic E-state index is 0.0238. The molecule has 4 aromatic rings. The Balaban J connectivity index is 0.941. The molecule has 248 valence electrons. The van der Waals surface area contributed by atoms with Gasteiger partial charge in [0.05, 0.1) is 24.8 Å². The minimum Gasteiger partial charge on any atom is -0.506 e. The Hall–Kier alpha value is -4.38. The summed E-state index contributed by atoms with van der Waals surface area (Å²) >= 11 is 0. The van der Waals surface area contributed by atoms with Crippen LogP contribution in [0.15, 0.2) is 83.7 Å². The molecule has 1 amide bonds. The first-order valence-corrected chi connectivity index (χ1v) is 16.7. The van der Waals surface area contributed by atoms with Crippen molar-refractivity contribution in [1.82, 2.24) is 15.2 Å².